The van der Waals surface area contributed by atoms with Crippen molar-refractivity contribution in [2.24, 2.45) is 0 Å². The zero-order valence-corrected chi connectivity index (χ0v) is 12.3. The largest absolute Gasteiger partial charge is 0.463 e. The molecule has 0 radical (unpaired) electrons. The van der Waals surface area contributed by atoms with Crippen molar-refractivity contribution in [1.82, 2.24) is 5.32 Å². The fourth-order valence-corrected chi connectivity index (χ4v) is 2.13. The van der Waals surface area contributed by atoms with Gasteiger partial charge in [0.25, 0.3) is 0 Å². The van der Waals surface area contributed by atoms with E-state index >= 15 is 0 Å². The van der Waals surface area contributed by atoms with Gasteiger partial charge in [-0.15, -0.1) is 0 Å². The van der Waals surface area contributed by atoms with E-state index in [-0.39, 0.29) is 30.9 Å². The number of cyclic esters (lactones) is 1. The van der Waals surface area contributed by atoms with E-state index in [9.17, 15) is 9.59 Å². The van der Waals surface area contributed by atoms with E-state index < -0.39 is 6.04 Å². The predicted molar refractivity (Wildman–Crippen MR) is 77.1 cm³/mol. The summed E-state index contributed by atoms with van der Waals surface area (Å²) in [6.45, 7) is 1.94. The average Bonchev–Trinajstić information content (AvgIpc) is 2.79. The van der Waals surface area contributed by atoms with Gasteiger partial charge in [-0.3, -0.25) is 9.59 Å². The summed E-state index contributed by atoms with van der Waals surface area (Å²) in [6, 6.07) is 4.31. The van der Waals surface area contributed by atoms with Crippen molar-refractivity contribution in [3.63, 3.8) is 0 Å². The number of hydrogen-bond donors (Lipinski definition) is 2. The second-order valence-corrected chi connectivity index (χ2v) is 5.40. The number of halogens is 2. The molecule has 0 bridgehead atoms. The van der Waals surface area contributed by atoms with E-state index in [1.54, 1.807) is 25.1 Å². The Kier molecular flexibility index (Phi) is 4.73. The van der Waals surface area contributed by atoms with Crippen LogP contribution in [0.4, 0.5) is 5.69 Å². The number of benzene rings is 1. The molecule has 7 heteroatoms. The molecule has 0 saturated carbocycles. The number of hydrogen-bond acceptors (Lipinski definition) is 4. The van der Waals surface area contributed by atoms with Crippen molar-refractivity contribution in [1.29, 1.82) is 0 Å². The van der Waals surface area contributed by atoms with Gasteiger partial charge in [0.2, 0.25) is 5.91 Å². The number of nitrogens with one attached hydrogen (secondary N) is 2. The van der Waals surface area contributed by atoms with Gasteiger partial charge in [-0.05, 0) is 25.1 Å². The van der Waals surface area contributed by atoms with Gasteiger partial charge < -0.3 is 15.4 Å². The Hall–Kier alpha value is -1.46. The van der Waals surface area contributed by atoms with E-state index in [0.717, 1.165) is 0 Å². The zero-order chi connectivity index (χ0) is 14.7. The Morgan fingerprint density at radius 1 is 1.40 bits per heavy atom. The van der Waals surface area contributed by atoms with Crippen LogP contribution in [0.25, 0.3) is 0 Å². The van der Waals surface area contributed by atoms with Gasteiger partial charge in [-0.25, -0.2) is 0 Å². The summed E-state index contributed by atoms with van der Waals surface area (Å²) in [5.74, 6) is -0.500. The lowest BCUT2D eigenvalue weighted by Gasteiger charge is -2.17. The Labute approximate surface area is 126 Å². The molecule has 1 aliphatic heterocycles. The molecule has 108 valence electrons. The molecule has 1 unspecified atom stereocenters. The lowest BCUT2D eigenvalue weighted by molar-refractivity contribution is -0.138. The third kappa shape index (κ3) is 3.77. The van der Waals surface area contributed by atoms with Gasteiger partial charge in [0.15, 0.2) is 0 Å². The Morgan fingerprint density at radius 3 is 2.75 bits per heavy atom. The number of esters is 1. The monoisotopic (exact) mass is 316 g/mol. The van der Waals surface area contributed by atoms with Crippen molar-refractivity contribution < 1.29 is 14.3 Å². The Morgan fingerprint density at radius 2 is 2.15 bits per heavy atom. The highest BCUT2D eigenvalue weighted by Gasteiger charge is 2.26. The normalized spacial score (nSPS) is 19.4. The molecule has 2 N–H and O–H groups in total. The van der Waals surface area contributed by atoms with Crippen molar-refractivity contribution >= 4 is 40.8 Å². The first-order chi connectivity index (χ1) is 9.45. The average molecular weight is 317 g/mol. The quantitative estimate of drug-likeness (QED) is 0.836. The minimum atomic E-state index is -0.469. The van der Waals surface area contributed by atoms with Crippen LogP contribution in [0.2, 0.25) is 10.0 Å². The number of rotatable bonds is 4. The topological polar surface area (TPSA) is 67.4 Å². The number of amides is 1. The van der Waals surface area contributed by atoms with E-state index in [2.05, 4.69) is 10.6 Å². The van der Waals surface area contributed by atoms with Crippen LogP contribution in [0.15, 0.2) is 18.2 Å². The van der Waals surface area contributed by atoms with Crippen LogP contribution < -0.4 is 10.6 Å². The third-order valence-corrected chi connectivity index (χ3v) is 3.64. The van der Waals surface area contributed by atoms with Crippen molar-refractivity contribution in [2.45, 2.75) is 25.4 Å². The van der Waals surface area contributed by atoms with Gasteiger partial charge in [-0.1, -0.05) is 23.2 Å². The summed E-state index contributed by atoms with van der Waals surface area (Å²) >= 11 is 11.7. The summed E-state index contributed by atoms with van der Waals surface area (Å²) in [4.78, 5) is 22.9. The minimum Gasteiger partial charge on any atom is -0.463 e. The molecule has 1 heterocycles. The van der Waals surface area contributed by atoms with Crippen LogP contribution in [0.1, 0.15) is 13.3 Å². The van der Waals surface area contributed by atoms with Gasteiger partial charge in [0, 0.05) is 5.69 Å². The van der Waals surface area contributed by atoms with E-state index in [1.807, 2.05) is 0 Å². The molecule has 1 aromatic carbocycles. The first-order valence-corrected chi connectivity index (χ1v) is 6.89. The van der Waals surface area contributed by atoms with Crippen molar-refractivity contribution in [3.8, 4) is 0 Å². The second-order valence-electron chi connectivity index (χ2n) is 4.59. The van der Waals surface area contributed by atoms with Gasteiger partial charge in [-0.2, -0.15) is 0 Å². The molecular formula is C13H14Cl2N2O3. The van der Waals surface area contributed by atoms with E-state index in [0.29, 0.717) is 15.7 Å². The molecular weight excluding hydrogens is 303 g/mol. The molecule has 20 heavy (non-hydrogen) atoms. The maximum absolute atomic E-state index is 12.0. The Balaban J connectivity index is 1.90. The fourth-order valence-electron chi connectivity index (χ4n) is 1.83. The fraction of sp³-hybridized carbons (Fsp3) is 0.385. The molecule has 1 amide bonds. The smallest absolute Gasteiger partial charge is 0.308 e. The van der Waals surface area contributed by atoms with Crippen LogP contribution in [0.3, 0.4) is 0 Å². The second kappa shape index (κ2) is 6.33. The predicted octanol–water partition coefficient (Wildman–Crippen LogP) is 2.23. The molecule has 1 saturated heterocycles. The standard InChI is InChI=1S/C13H14Cl2N2O3/c1-7(13(19)17-9-5-12(18)20-6-9)16-8-2-3-10(14)11(15)4-8/h2-4,7,9,16H,5-6H2,1H3,(H,17,19)/t7-,9?/m0/s1. The van der Waals surface area contributed by atoms with Crippen molar-refractivity contribution in [3.05, 3.63) is 28.2 Å². The Bertz CT molecular complexity index is 536. The van der Waals surface area contributed by atoms with Crippen LogP contribution in [0.5, 0.6) is 0 Å². The molecule has 0 spiro atoms. The van der Waals surface area contributed by atoms with Crippen LogP contribution in [-0.4, -0.2) is 30.6 Å². The number of anilines is 1. The number of ether oxygens (including phenoxy) is 1. The van der Waals surface area contributed by atoms with E-state index in [1.165, 1.54) is 0 Å². The molecule has 5 nitrogen and oxygen atoms in total. The minimum absolute atomic E-state index is 0.209. The maximum Gasteiger partial charge on any atom is 0.308 e. The molecule has 1 aliphatic rings. The van der Waals surface area contributed by atoms with Crippen LogP contribution >= 0.6 is 23.2 Å². The first kappa shape index (κ1) is 14.9. The highest BCUT2D eigenvalue weighted by Crippen LogP contribution is 2.25. The maximum atomic E-state index is 12.0. The summed E-state index contributed by atoms with van der Waals surface area (Å²) in [5, 5.41) is 6.63. The third-order valence-electron chi connectivity index (χ3n) is 2.90. The lowest BCUT2D eigenvalue weighted by atomic mass is 10.2. The van der Waals surface area contributed by atoms with Gasteiger partial charge >= 0.3 is 5.97 Å². The van der Waals surface area contributed by atoms with Crippen LogP contribution in [-0.2, 0) is 14.3 Å². The highest BCUT2D eigenvalue weighted by atomic mass is 35.5. The van der Waals surface area contributed by atoms with Gasteiger partial charge in [0.05, 0.1) is 22.5 Å². The molecule has 2 atom stereocenters. The molecule has 0 aromatic heterocycles. The molecule has 1 fully saturated rings. The molecule has 1 aromatic rings. The van der Waals surface area contributed by atoms with Crippen LogP contribution in [0, 0.1) is 0 Å². The zero-order valence-electron chi connectivity index (χ0n) is 10.8. The summed E-state index contributed by atoms with van der Waals surface area (Å²) < 4.78 is 4.79. The summed E-state index contributed by atoms with van der Waals surface area (Å²) in [5.41, 5.74) is 0.695. The number of carbonyl (C=O) groups is 2. The summed E-state index contributed by atoms with van der Waals surface area (Å²) in [7, 11) is 0. The van der Waals surface area contributed by atoms with Crippen molar-refractivity contribution in [2.75, 3.05) is 11.9 Å². The SMILES string of the molecule is C[C@H](Nc1ccc(Cl)c(Cl)c1)C(=O)NC1COC(=O)C1. The van der Waals surface area contributed by atoms with Gasteiger partial charge in [0.1, 0.15) is 12.6 Å². The lowest BCUT2D eigenvalue weighted by Crippen LogP contribution is -2.43. The van der Waals surface area contributed by atoms with E-state index in [4.69, 9.17) is 27.9 Å². The molecule has 0 aliphatic carbocycles. The number of carbonyl (C=O) groups excluding carboxylic acids is 2. The first-order valence-electron chi connectivity index (χ1n) is 6.13. The highest BCUT2D eigenvalue weighted by molar-refractivity contribution is 6.42. The molecule has 2 rings (SSSR count). The summed E-state index contributed by atoms with van der Waals surface area (Å²) in [6.07, 6.45) is 0.214.